The first-order valence-corrected chi connectivity index (χ1v) is 11.3. The van der Waals surface area contributed by atoms with Gasteiger partial charge in [0.05, 0.1) is 6.04 Å². The van der Waals surface area contributed by atoms with Crippen molar-refractivity contribution in [2.24, 2.45) is 0 Å². The number of aromatic nitrogens is 1. The fraction of sp³-hybridized carbons (Fsp3) is 0.192. The number of hydrogen-bond donors (Lipinski definition) is 2. The highest BCUT2D eigenvalue weighted by Gasteiger charge is 2.34. The van der Waals surface area contributed by atoms with Crippen LogP contribution in [0, 0.1) is 13.8 Å². The molecule has 4 aromatic rings. The molecule has 0 aliphatic carbocycles. The third-order valence-electron chi connectivity index (χ3n) is 6.10. The van der Waals surface area contributed by atoms with E-state index in [4.69, 9.17) is 0 Å². The van der Waals surface area contributed by atoms with E-state index in [1.54, 1.807) is 0 Å². The van der Waals surface area contributed by atoms with Crippen LogP contribution in [0.25, 0.3) is 10.9 Å². The van der Waals surface area contributed by atoms with Gasteiger partial charge in [-0.3, -0.25) is 0 Å². The molecular weight excluding hydrogens is 450 g/mol. The fourth-order valence-corrected chi connectivity index (χ4v) is 4.72. The molecule has 5 rings (SSSR count). The SMILES string of the molecule is Cc1ccc([C@@H]2c3[nH]c4ccccc4c3CCN2C(=O)Nc2ccc(Br)c(C)c2)cc1. The molecule has 0 fully saturated rings. The number of H-pyrrole nitrogens is 1. The Kier molecular flexibility index (Phi) is 5.06. The van der Waals surface area contributed by atoms with Gasteiger partial charge in [0.25, 0.3) is 0 Å². The topological polar surface area (TPSA) is 48.1 Å². The predicted molar refractivity (Wildman–Crippen MR) is 130 cm³/mol. The maximum atomic E-state index is 13.4. The first-order valence-electron chi connectivity index (χ1n) is 10.5. The molecule has 3 aromatic carbocycles. The number of anilines is 1. The molecule has 0 saturated heterocycles. The summed E-state index contributed by atoms with van der Waals surface area (Å²) in [6, 6.07) is 22.5. The number of nitrogens with one attached hydrogen (secondary N) is 2. The van der Waals surface area contributed by atoms with Gasteiger partial charge in [-0.25, -0.2) is 4.79 Å². The number of aryl methyl sites for hydroxylation is 2. The molecule has 156 valence electrons. The summed E-state index contributed by atoms with van der Waals surface area (Å²) in [6.07, 6.45) is 0.828. The highest BCUT2D eigenvalue weighted by Crippen LogP contribution is 2.38. The lowest BCUT2D eigenvalue weighted by atomic mass is 9.92. The van der Waals surface area contributed by atoms with E-state index < -0.39 is 0 Å². The molecule has 0 radical (unpaired) electrons. The van der Waals surface area contributed by atoms with Crippen LogP contribution in [0.2, 0.25) is 0 Å². The maximum Gasteiger partial charge on any atom is 0.322 e. The van der Waals surface area contributed by atoms with Gasteiger partial charge < -0.3 is 15.2 Å². The minimum absolute atomic E-state index is 0.0865. The van der Waals surface area contributed by atoms with Gasteiger partial charge in [-0.1, -0.05) is 64.0 Å². The van der Waals surface area contributed by atoms with Gasteiger partial charge in [-0.2, -0.15) is 0 Å². The summed E-state index contributed by atoms with van der Waals surface area (Å²) in [7, 11) is 0. The monoisotopic (exact) mass is 473 g/mol. The number of urea groups is 1. The van der Waals surface area contributed by atoms with E-state index in [0.717, 1.165) is 38.9 Å². The number of rotatable bonds is 2. The van der Waals surface area contributed by atoms with Gasteiger partial charge in [0.1, 0.15) is 0 Å². The van der Waals surface area contributed by atoms with E-state index in [0.29, 0.717) is 6.54 Å². The van der Waals surface area contributed by atoms with E-state index in [1.807, 2.05) is 36.1 Å². The molecule has 2 amide bonds. The normalized spacial score (nSPS) is 15.7. The minimum Gasteiger partial charge on any atom is -0.356 e. The van der Waals surface area contributed by atoms with Crippen LogP contribution < -0.4 is 5.32 Å². The number of halogens is 1. The number of para-hydroxylation sites is 1. The second kappa shape index (κ2) is 7.89. The zero-order valence-electron chi connectivity index (χ0n) is 17.6. The van der Waals surface area contributed by atoms with Crippen LogP contribution in [-0.2, 0) is 6.42 Å². The molecule has 5 heteroatoms. The van der Waals surface area contributed by atoms with Crippen LogP contribution in [-0.4, -0.2) is 22.5 Å². The van der Waals surface area contributed by atoms with E-state index in [9.17, 15) is 4.79 Å². The van der Waals surface area contributed by atoms with Crippen molar-refractivity contribution < 1.29 is 4.79 Å². The summed E-state index contributed by atoms with van der Waals surface area (Å²) < 4.78 is 1.03. The Morgan fingerprint density at radius 2 is 1.84 bits per heavy atom. The smallest absolute Gasteiger partial charge is 0.322 e. The van der Waals surface area contributed by atoms with Crippen molar-refractivity contribution in [1.82, 2.24) is 9.88 Å². The summed E-state index contributed by atoms with van der Waals surface area (Å²) in [5, 5.41) is 4.36. The highest BCUT2D eigenvalue weighted by molar-refractivity contribution is 9.10. The zero-order chi connectivity index (χ0) is 21.5. The Morgan fingerprint density at radius 3 is 2.61 bits per heavy atom. The number of amides is 2. The van der Waals surface area contributed by atoms with Crippen LogP contribution in [0.5, 0.6) is 0 Å². The molecule has 31 heavy (non-hydrogen) atoms. The molecule has 1 aliphatic rings. The molecule has 0 bridgehead atoms. The van der Waals surface area contributed by atoms with Crippen molar-refractivity contribution in [3.63, 3.8) is 0 Å². The lowest BCUT2D eigenvalue weighted by Gasteiger charge is -2.36. The van der Waals surface area contributed by atoms with Crippen LogP contribution in [0.3, 0.4) is 0 Å². The van der Waals surface area contributed by atoms with Crippen molar-refractivity contribution in [3.05, 3.63) is 99.2 Å². The highest BCUT2D eigenvalue weighted by atomic mass is 79.9. The van der Waals surface area contributed by atoms with Crippen LogP contribution in [0.4, 0.5) is 10.5 Å². The largest absolute Gasteiger partial charge is 0.356 e. The molecule has 2 N–H and O–H groups in total. The summed E-state index contributed by atoms with van der Waals surface area (Å²) in [5.74, 6) is 0. The van der Waals surface area contributed by atoms with E-state index >= 15 is 0 Å². The number of carbonyl (C=O) groups excluding carboxylic acids is 1. The number of benzene rings is 3. The Labute approximate surface area is 190 Å². The predicted octanol–water partition coefficient (Wildman–Crippen LogP) is 6.73. The van der Waals surface area contributed by atoms with Crippen molar-refractivity contribution in [1.29, 1.82) is 0 Å². The quantitative estimate of drug-likeness (QED) is 0.333. The molecule has 0 unspecified atom stereocenters. The summed E-state index contributed by atoms with van der Waals surface area (Å²) in [5.41, 5.74) is 7.75. The van der Waals surface area contributed by atoms with Gasteiger partial charge in [0, 0.05) is 33.3 Å². The fourth-order valence-electron chi connectivity index (χ4n) is 4.47. The zero-order valence-corrected chi connectivity index (χ0v) is 19.2. The standard InChI is InChI=1S/C26H24BrN3O/c1-16-7-9-18(10-8-16)25-24-21(20-5-3-4-6-23(20)29-24)13-14-30(25)26(31)28-19-11-12-22(27)17(2)15-19/h3-12,15,25,29H,13-14H2,1-2H3,(H,28,31)/t25-/m1/s1. The molecule has 0 saturated carbocycles. The maximum absolute atomic E-state index is 13.4. The first-order chi connectivity index (χ1) is 15.0. The number of hydrogen-bond acceptors (Lipinski definition) is 1. The van der Waals surface area contributed by atoms with Crippen LogP contribution in [0.15, 0.2) is 71.2 Å². The molecule has 4 nitrogen and oxygen atoms in total. The lowest BCUT2D eigenvalue weighted by Crippen LogP contribution is -2.43. The van der Waals surface area contributed by atoms with Crippen LogP contribution in [0.1, 0.15) is 34.0 Å². The summed E-state index contributed by atoms with van der Waals surface area (Å²) >= 11 is 3.53. The van der Waals surface area contributed by atoms with Crippen molar-refractivity contribution in [2.45, 2.75) is 26.3 Å². The van der Waals surface area contributed by atoms with Crippen molar-refractivity contribution in [2.75, 3.05) is 11.9 Å². The molecular formula is C26H24BrN3O. The Hall–Kier alpha value is -3.05. The van der Waals surface area contributed by atoms with Crippen molar-refractivity contribution >= 4 is 38.6 Å². The van der Waals surface area contributed by atoms with Gasteiger partial charge in [-0.05, 0) is 61.2 Å². The Morgan fingerprint density at radius 1 is 1.06 bits per heavy atom. The molecule has 0 spiro atoms. The second-order valence-electron chi connectivity index (χ2n) is 8.21. The van der Waals surface area contributed by atoms with Gasteiger partial charge >= 0.3 is 6.03 Å². The number of aromatic amines is 1. The number of nitrogens with zero attached hydrogens (tertiary/aromatic N) is 1. The third-order valence-corrected chi connectivity index (χ3v) is 6.99. The first kappa shape index (κ1) is 19.9. The Balaban J connectivity index is 1.56. The molecule has 2 heterocycles. The van der Waals surface area contributed by atoms with E-state index in [2.05, 4.69) is 75.6 Å². The van der Waals surface area contributed by atoms with Gasteiger partial charge in [0.15, 0.2) is 0 Å². The molecule has 1 atom stereocenters. The van der Waals surface area contributed by atoms with Crippen molar-refractivity contribution in [3.8, 4) is 0 Å². The van der Waals surface area contributed by atoms with Crippen LogP contribution >= 0.6 is 15.9 Å². The second-order valence-corrected chi connectivity index (χ2v) is 9.07. The molecule has 1 aliphatic heterocycles. The molecule has 1 aromatic heterocycles. The average molecular weight is 474 g/mol. The Bertz CT molecular complexity index is 1280. The minimum atomic E-state index is -0.159. The number of carbonyl (C=O) groups is 1. The van der Waals surface area contributed by atoms with E-state index in [-0.39, 0.29) is 12.1 Å². The number of fused-ring (bicyclic) bond motifs is 3. The summed E-state index contributed by atoms with van der Waals surface area (Å²) in [4.78, 5) is 19.0. The summed E-state index contributed by atoms with van der Waals surface area (Å²) in [6.45, 7) is 4.76. The van der Waals surface area contributed by atoms with Gasteiger partial charge in [0.2, 0.25) is 0 Å². The average Bonchev–Trinajstić information content (AvgIpc) is 3.15. The lowest BCUT2D eigenvalue weighted by molar-refractivity contribution is 0.193. The third kappa shape index (κ3) is 3.63. The van der Waals surface area contributed by atoms with E-state index in [1.165, 1.54) is 16.5 Å². The van der Waals surface area contributed by atoms with Gasteiger partial charge in [-0.15, -0.1) is 0 Å².